The number of carboxylic acids is 1. The molecule has 2 rings (SSSR count). The van der Waals surface area contributed by atoms with E-state index in [1.165, 1.54) is 16.7 Å². The van der Waals surface area contributed by atoms with Crippen LogP contribution < -0.4 is 10.2 Å². The number of unbranched alkanes of at least 4 members (excludes halogenated alkanes) is 2. The molecule has 0 radical (unpaired) electrons. The van der Waals surface area contributed by atoms with Gasteiger partial charge in [-0.05, 0) is 25.0 Å². The van der Waals surface area contributed by atoms with Gasteiger partial charge in [-0.3, -0.25) is 14.4 Å². The summed E-state index contributed by atoms with van der Waals surface area (Å²) in [6, 6.07) is 7.56. The van der Waals surface area contributed by atoms with E-state index in [1.807, 2.05) is 24.3 Å². The molecule has 1 aromatic rings. The molecular weight excluding hydrogens is 316 g/mol. The maximum Gasteiger partial charge on any atom is 0.303 e. The maximum atomic E-state index is 12.0. The lowest BCUT2D eigenvalue weighted by molar-refractivity contribution is -0.137. The van der Waals surface area contributed by atoms with Crippen molar-refractivity contribution >= 4 is 35.2 Å². The van der Waals surface area contributed by atoms with E-state index in [1.54, 1.807) is 0 Å². The van der Waals surface area contributed by atoms with Crippen molar-refractivity contribution in [3.63, 3.8) is 0 Å². The fourth-order valence-electron chi connectivity index (χ4n) is 2.33. The number of carbonyl (C=O) groups excluding carboxylic acids is 2. The average Bonchev–Trinajstić information content (AvgIpc) is 2.53. The molecule has 0 saturated carbocycles. The van der Waals surface area contributed by atoms with Gasteiger partial charge in [0.15, 0.2) is 0 Å². The van der Waals surface area contributed by atoms with Crippen molar-refractivity contribution in [3.05, 3.63) is 24.3 Å². The predicted octanol–water partition coefficient (Wildman–Crippen LogP) is 1.89. The van der Waals surface area contributed by atoms with Crippen molar-refractivity contribution in [1.29, 1.82) is 0 Å². The molecule has 0 saturated heterocycles. The minimum atomic E-state index is -0.797. The second-order valence-corrected chi connectivity index (χ2v) is 6.31. The molecule has 1 aliphatic rings. The van der Waals surface area contributed by atoms with E-state index in [-0.39, 0.29) is 24.8 Å². The number of aliphatic carboxylic acids is 1. The monoisotopic (exact) mass is 336 g/mol. The zero-order valence-corrected chi connectivity index (χ0v) is 13.6. The number of amides is 2. The summed E-state index contributed by atoms with van der Waals surface area (Å²) in [5.41, 5.74) is 0.783. The number of carboxylic acid groups (broad SMARTS) is 1. The molecule has 23 heavy (non-hydrogen) atoms. The quantitative estimate of drug-likeness (QED) is 0.708. The third-order valence-electron chi connectivity index (χ3n) is 3.50. The third-order valence-corrected chi connectivity index (χ3v) is 4.55. The Morgan fingerprint density at radius 3 is 2.78 bits per heavy atom. The highest BCUT2D eigenvalue weighted by molar-refractivity contribution is 8.00. The molecule has 1 heterocycles. The minimum absolute atomic E-state index is 0.0194. The van der Waals surface area contributed by atoms with Crippen molar-refractivity contribution in [1.82, 2.24) is 5.32 Å². The van der Waals surface area contributed by atoms with E-state index in [9.17, 15) is 14.4 Å². The van der Waals surface area contributed by atoms with Gasteiger partial charge in [0.05, 0.1) is 11.4 Å². The van der Waals surface area contributed by atoms with Gasteiger partial charge in [0.1, 0.15) is 6.54 Å². The van der Waals surface area contributed by atoms with E-state index in [2.05, 4.69) is 5.32 Å². The van der Waals surface area contributed by atoms with Crippen LogP contribution in [0.2, 0.25) is 0 Å². The summed E-state index contributed by atoms with van der Waals surface area (Å²) in [6.07, 6.45) is 2.26. The fraction of sp³-hybridized carbons (Fsp3) is 0.438. The molecule has 0 bridgehead atoms. The van der Waals surface area contributed by atoms with Crippen LogP contribution in [0.15, 0.2) is 29.2 Å². The van der Waals surface area contributed by atoms with Crippen molar-refractivity contribution in [3.8, 4) is 0 Å². The first kappa shape index (κ1) is 17.3. The number of para-hydroxylation sites is 1. The highest BCUT2D eigenvalue weighted by Gasteiger charge is 2.25. The normalized spacial score (nSPS) is 13.6. The number of nitrogens with one attached hydrogen (secondary N) is 1. The van der Waals surface area contributed by atoms with Crippen molar-refractivity contribution < 1.29 is 19.5 Å². The number of rotatable bonds is 8. The zero-order valence-electron chi connectivity index (χ0n) is 12.8. The summed E-state index contributed by atoms with van der Waals surface area (Å²) < 4.78 is 0. The van der Waals surface area contributed by atoms with Crippen molar-refractivity contribution in [2.24, 2.45) is 0 Å². The number of nitrogens with zero attached hydrogens (tertiary/aromatic N) is 1. The Bertz CT molecular complexity index is 591. The molecule has 0 unspecified atom stereocenters. The molecule has 1 aromatic carbocycles. The number of carbonyl (C=O) groups is 3. The Morgan fingerprint density at radius 1 is 1.22 bits per heavy atom. The van der Waals surface area contributed by atoms with E-state index in [0.717, 1.165) is 23.4 Å². The van der Waals surface area contributed by atoms with Crippen LogP contribution in [0.1, 0.15) is 25.7 Å². The topological polar surface area (TPSA) is 86.7 Å². The smallest absolute Gasteiger partial charge is 0.303 e. The molecule has 0 aliphatic carbocycles. The van der Waals surface area contributed by atoms with Gasteiger partial charge in [-0.25, -0.2) is 0 Å². The molecule has 1 aliphatic heterocycles. The summed E-state index contributed by atoms with van der Waals surface area (Å²) in [5.74, 6) is -0.711. The molecular formula is C16H20N2O4S. The van der Waals surface area contributed by atoms with Gasteiger partial charge in [-0.2, -0.15) is 0 Å². The lowest BCUT2D eigenvalue weighted by Gasteiger charge is -2.28. The molecule has 0 aromatic heterocycles. The first-order valence-corrected chi connectivity index (χ1v) is 8.57. The Morgan fingerprint density at radius 2 is 2.00 bits per heavy atom. The molecule has 124 valence electrons. The largest absolute Gasteiger partial charge is 0.481 e. The number of thioether (sulfide) groups is 1. The first-order valence-electron chi connectivity index (χ1n) is 7.58. The van der Waals surface area contributed by atoms with Crippen LogP contribution in [-0.2, 0) is 14.4 Å². The average molecular weight is 336 g/mol. The number of hydrogen-bond acceptors (Lipinski definition) is 4. The summed E-state index contributed by atoms with van der Waals surface area (Å²) >= 11 is 1.49. The van der Waals surface area contributed by atoms with E-state index < -0.39 is 5.97 Å². The minimum Gasteiger partial charge on any atom is -0.481 e. The molecule has 7 heteroatoms. The predicted molar refractivity (Wildman–Crippen MR) is 88.6 cm³/mol. The van der Waals surface area contributed by atoms with Crippen molar-refractivity contribution in [2.75, 3.05) is 23.7 Å². The first-order chi connectivity index (χ1) is 11.1. The Balaban J connectivity index is 1.77. The van der Waals surface area contributed by atoms with Gasteiger partial charge in [0, 0.05) is 17.9 Å². The Labute approximate surface area is 139 Å². The third kappa shape index (κ3) is 5.28. The lowest BCUT2D eigenvalue weighted by Crippen LogP contribution is -2.43. The number of anilines is 1. The highest BCUT2D eigenvalue weighted by atomic mass is 32.2. The number of hydrogen-bond donors (Lipinski definition) is 2. The van der Waals surface area contributed by atoms with Crippen LogP contribution in [0.3, 0.4) is 0 Å². The van der Waals surface area contributed by atoms with Crippen LogP contribution in [-0.4, -0.2) is 41.7 Å². The Kier molecular flexibility index (Phi) is 6.46. The standard InChI is InChI=1S/C16H20N2O4S/c19-14(17-9-5-1-2-8-16(21)22)10-18-12-6-3-4-7-13(12)23-11-15(18)20/h3-4,6-7H,1-2,5,8-11H2,(H,17,19)(H,21,22). The number of fused-ring (bicyclic) bond motifs is 1. The van der Waals surface area contributed by atoms with Gasteiger partial charge < -0.3 is 15.3 Å². The summed E-state index contributed by atoms with van der Waals surface area (Å²) in [6.45, 7) is 0.516. The molecule has 2 amide bonds. The van der Waals surface area contributed by atoms with Gasteiger partial charge in [0.25, 0.3) is 0 Å². The van der Waals surface area contributed by atoms with E-state index in [4.69, 9.17) is 5.11 Å². The fourth-order valence-corrected chi connectivity index (χ4v) is 3.27. The SMILES string of the molecule is O=C(O)CCCCCNC(=O)CN1C(=O)CSc2ccccc21. The summed E-state index contributed by atoms with van der Waals surface area (Å²) in [4.78, 5) is 37.0. The summed E-state index contributed by atoms with van der Waals surface area (Å²) in [7, 11) is 0. The molecule has 2 N–H and O–H groups in total. The van der Waals surface area contributed by atoms with Gasteiger partial charge >= 0.3 is 5.97 Å². The van der Waals surface area contributed by atoms with E-state index >= 15 is 0 Å². The van der Waals surface area contributed by atoms with Crippen LogP contribution >= 0.6 is 11.8 Å². The maximum absolute atomic E-state index is 12.0. The van der Waals surface area contributed by atoms with Gasteiger partial charge in [-0.15, -0.1) is 11.8 Å². The van der Waals surface area contributed by atoms with Crippen molar-refractivity contribution in [2.45, 2.75) is 30.6 Å². The molecule has 0 atom stereocenters. The molecule has 6 nitrogen and oxygen atoms in total. The van der Waals surface area contributed by atoms with Gasteiger partial charge in [0.2, 0.25) is 11.8 Å². The molecule has 0 fully saturated rings. The Hall–Kier alpha value is -2.02. The second kappa shape index (κ2) is 8.57. The molecule has 0 spiro atoms. The lowest BCUT2D eigenvalue weighted by atomic mass is 10.2. The van der Waals surface area contributed by atoms with Crippen LogP contribution in [0, 0.1) is 0 Å². The number of benzene rings is 1. The van der Waals surface area contributed by atoms with Crippen LogP contribution in [0.25, 0.3) is 0 Å². The van der Waals surface area contributed by atoms with Crippen LogP contribution in [0.4, 0.5) is 5.69 Å². The summed E-state index contributed by atoms with van der Waals surface area (Å²) in [5, 5.41) is 11.3. The van der Waals surface area contributed by atoms with Gasteiger partial charge in [-0.1, -0.05) is 18.6 Å². The highest BCUT2D eigenvalue weighted by Crippen LogP contribution is 2.34. The second-order valence-electron chi connectivity index (χ2n) is 5.29. The van der Waals surface area contributed by atoms with Crippen LogP contribution in [0.5, 0.6) is 0 Å². The van der Waals surface area contributed by atoms with E-state index in [0.29, 0.717) is 18.7 Å². The zero-order chi connectivity index (χ0) is 16.7.